The number of nitrogens with zero attached hydrogens (tertiary/aromatic N) is 5. The Morgan fingerprint density at radius 2 is 1.82 bits per heavy atom. The van der Waals surface area contributed by atoms with Crippen molar-refractivity contribution in [3.63, 3.8) is 0 Å². The first-order valence-corrected chi connectivity index (χ1v) is 9.45. The summed E-state index contributed by atoms with van der Waals surface area (Å²) in [7, 11) is 0. The predicted octanol–water partition coefficient (Wildman–Crippen LogP) is 3.25. The van der Waals surface area contributed by atoms with Gasteiger partial charge in [-0.25, -0.2) is 9.69 Å². The van der Waals surface area contributed by atoms with Crippen molar-refractivity contribution in [2.45, 2.75) is 13.5 Å². The van der Waals surface area contributed by atoms with Gasteiger partial charge in [-0.1, -0.05) is 51.5 Å². The van der Waals surface area contributed by atoms with Crippen LogP contribution in [0.1, 0.15) is 23.0 Å². The van der Waals surface area contributed by atoms with Crippen LogP contribution in [0.25, 0.3) is 5.69 Å². The Hall–Kier alpha value is -3.13. The summed E-state index contributed by atoms with van der Waals surface area (Å²) >= 11 is 3.38. The van der Waals surface area contributed by atoms with Crippen molar-refractivity contribution in [1.29, 1.82) is 0 Å². The third kappa shape index (κ3) is 3.50. The molecule has 1 atom stereocenters. The van der Waals surface area contributed by atoms with Gasteiger partial charge >= 0.3 is 0 Å². The number of hydrogen-bond donors (Lipinski definition) is 0. The topological polar surface area (TPSA) is 80.5 Å². The van der Waals surface area contributed by atoms with E-state index in [1.54, 1.807) is 6.92 Å². The molecule has 28 heavy (non-hydrogen) atoms. The van der Waals surface area contributed by atoms with E-state index in [2.05, 4.69) is 31.3 Å². The molecule has 8 heteroatoms. The predicted molar refractivity (Wildman–Crippen MR) is 107 cm³/mol. The maximum Gasteiger partial charge on any atom is 0.259 e. The van der Waals surface area contributed by atoms with Gasteiger partial charge in [-0.2, -0.15) is 5.10 Å². The Bertz CT molecular complexity index is 1060. The molecule has 0 spiro atoms. The first-order chi connectivity index (χ1) is 13.5. The van der Waals surface area contributed by atoms with Crippen LogP contribution in [0.3, 0.4) is 0 Å². The number of carbonyl (C=O) groups excluding carboxylic acids is 2. The molecule has 7 nitrogen and oxygen atoms in total. The zero-order valence-electron chi connectivity index (χ0n) is 15.0. The lowest BCUT2D eigenvalue weighted by Crippen LogP contribution is -2.32. The van der Waals surface area contributed by atoms with Gasteiger partial charge in [0.05, 0.1) is 24.1 Å². The molecule has 0 saturated heterocycles. The van der Waals surface area contributed by atoms with Gasteiger partial charge in [0.2, 0.25) is 5.78 Å². The highest BCUT2D eigenvalue weighted by molar-refractivity contribution is 9.10. The summed E-state index contributed by atoms with van der Waals surface area (Å²) in [6, 6.07) is 17.0. The van der Waals surface area contributed by atoms with E-state index >= 15 is 0 Å². The lowest BCUT2D eigenvalue weighted by Gasteiger charge is -2.13. The van der Waals surface area contributed by atoms with Crippen molar-refractivity contribution in [1.82, 2.24) is 20.0 Å². The number of ketones is 1. The van der Waals surface area contributed by atoms with Gasteiger partial charge in [0.25, 0.3) is 5.91 Å². The average molecular weight is 438 g/mol. The van der Waals surface area contributed by atoms with Gasteiger partial charge in [-0.05, 0) is 36.8 Å². The second-order valence-corrected chi connectivity index (χ2v) is 7.36. The summed E-state index contributed by atoms with van der Waals surface area (Å²) in [4.78, 5) is 25.7. The number of rotatable bonds is 5. The minimum Gasteiger partial charge on any atom is -0.291 e. The molecule has 0 N–H and O–H groups in total. The van der Waals surface area contributed by atoms with Crippen LogP contribution in [-0.4, -0.2) is 37.4 Å². The lowest BCUT2D eigenvalue weighted by atomic mass is 9.97. The van der Waals surface area contributed by atoms with Crippen molar-refractivity contribution < 1.29 is 9.59 Å². The molecule has 140 valence electrons. The number of amides is 1. The molecule has 1 aliphatic rings. The molecule has 2 heterocycles. The van der Waals surface area contributed by atoms with Crippen molar-refractivity contribution in [3.8, 4) is 5.69 Å². The number of benzene rings is 2. The fourth-order valence-corrected chi connectivity index (χ4v) is 3.31. The Morgan fingerprint density at radius 1 is 1.11 bits per heavy atom. The molecule has 2 aromatic carbocycles. The fourth-order valence-electron chi connectivity index (χ4n) is 3.04. The van der Waals surface area contributed by atoms with Crippen molar-refractivity contribution in [3.05, 3.63) is 76.5 Å². The van der Waals surface area contributed by atoms with Gasteiger partial charge in [0.15, 0.2) is 0 Å². The van der Waals surface area contributed by atoms with E-state index in [1.165, 1.54) is 15.9 Å². The summed E-state index contributed by atoms with van der Waals surface area (Å²) in [6.07, 6.45) is 1.53. The van der Waals surface area contributed by atoms with Gasteiger partial charge in [-0.3, -0.25) is 9.59 Å². The van der Waals surface area contributed by atoms with E-state index < -0.39 is 11.7 Å². The molecule has 4 rings (SSSR count). The van der Waals surface area contributed by atoms with Crippen LogP contribution in [0.2, 0.25) is 0 Å². The number of hydrazone groups is 1. The smallest absolute Gasteiger partial charge is 0.259 e. The Labute approximate surface area is 169 Å². The first-order valence-electron chi connectivity index (χ1n) is 8.66. The van der Waals surface area contributed by atoms with E-state index in [0.717, 1.165) is 15.7 Å². The minimum atomic E-state index is -0.959. The number of halogens is 1. The summed E-state index contributed by atoms with van der Waals surface area (Å²) in [5.41, 5.74) is 2.31. The fraction of sp³-hybridized carbons (Fsp3) is 0.150. The van der Waals surface area contributed by atoms with E-state index in [1.807, 2.05) is 54.6 Å². The molecular formula is C20H16BrN5O2. The molecule has 1 unspecified atom stereocenters. The molecule has 0 saturated carbocycles. The van der Waals surface area contributed by atoms with E-state index in [4.69, 9.17) is 0 Å². The zero-order chi connectivity index (χ0) is 19.7. The third-order valence-corrected chi connectivity index (χ3v) is 5.00. The Morgan fingerprint density at radius 3 is 2.54 bits per heavy atom. The Balaban J connectivity index is 1.53. The second kappa shape index (κ2) is 7.47. The molecular weight excluding hydrogens is 422 g/mol. The number of hydrogen-bond acceptors (Lipinski definition) is 5. The molecule has 0 fully saturated rings. The third-order valence-electron chi connectivity index (χ3n) is 4.47. The summed E-state index contributed by atoms with van der Waals surface area (Å²) in [5, 5.41) is 13.6. The summed E-state index contributed by atoms with van der Waals surface area (Å²) < 4.78 is 2.45. The number of aromatic nitrogens is 3. The van der Waals surface area contributed by atoms with Crippen LogP contribution < -0.4 is 0 Å². The maximum atomic E-state index is 12.9. The monoisotopic (exact) mass is 437 g/mol. The van der Waals surface area contributed by atoms with Crippen LogP contribution in [0.5, 0.6) is 0 Å². The molecule has 1 aliphatic heterocycles. The highest BCUT2D eigenvalue weighted by Crippen LogP contribution is 2.22. The maximum absolute atomic E-state index is 12.9. The van der Waals surface area contributed by atoms with E-state index in [9.17, 15) is 9.59 Å². The number of Topliss-reactive ketones (excluding diaryl/α,β-unsaturated/α-hetero) is 1. The van der Waals surface area contributed by atoms with Crippen molar-refractivity contribution in [2.75, 3.05) is 0 Å². The van der Waals surface area contributed by atoms with Crippen LogP contribution in [0.4, 0.5) is 0 Å². The van der Waals surface area contributed by atoms with Crippen LogP contribution >= 0.6 is 15.9 Å². The molecule has 0 bridgehead atoms. The molecule has 0 aliphatic carbocycles. The minimum absolute atomic E-state index is 0.136. The van der Waals surface area contributed by atoms with Gasteiger partial charge in [0, 0.05) is 4.47 Å². The lowest BCUT2D eigenvalue weighted by molar-refractivity contribution is -0.131. The largest absolute Gasteiger partial charge is 0.291 e. The van der Waals surface area contributed by atoms with E-state index in [-0.39, 0.29) is 11.6 Å². The van der Waals surface area contributed by atoms with Gasteiger partial charge < -0.3 is 0 Å². The zero-order valence-corrected chi connectivity index (χ0v) is 16.6. The van der Waals surface area contributed by atoms with Gasteiger partial charge in [-0.15, -0.1) is 5.10 Å². The summed E-state index contributed by atoms with van der Waals surface area (Å²) in [6.45, 7) is 2.01. The molecule has 0 radical (unpaired) electrons. The molecule has 1 amide bonds. The average Bonchev–Trinajstić information content (AvgIpc) is 3.28. The molecule has 1 aromatic heterocycles. The van der Waals surface area contributed by atoms with Crippen molar-refractivity contribution in [2.24, 2.45) is 11.0 Å². The highest BCUT2D eigenvalue weighted by Gasteiger charge is 2.40. The van der Waals surface area contributed by atoms with Crippen LogP contribution in [0, 0.1) is 5.92 Å². The first kappa shape index (κ1) is 18.2. The standard InChI is InChI=1S/C20H16BrN5O2/c1-13-18(20(28)26(23-13)11-14-5-3-2-4-6-14)19(27)17-12-25(24-22-17)16-9-7-15(21)8-10-16/h2-10,12,18H,11H2,1H3. The normalized spacial score (nSPS) is 16.4. The second-order valence-electron chi connectivity index (χ2n) is 6.44. The highest BCUT2D eigenvalue weighted by atomic mass is 79.9. The van der Waals surface area contributed by atoms with Gasteiger partial charge in [0.1, 0.15) is 11.6 Å². The quantitative estimate of drug-likeness (QED) is 0.453. The SMILES string of the molecule is CC1=NN(Cc2ccccc2)C(=O)C1C(=O)c1cn(-c2ccc(Br)cc2)nn1. The Kier molecular flexibility index (Phi) is 4.87. The summed E-state index contributed by atoms with van der Waals surface area (Å²) in [5.74, 6) is -1.70. The van der Waals surface area contributed by atoms with Crippen LogP contribution in [-0.2, 0) is 11.3 Å². The van der Waals surface area contributed by atoms with Crippen LogP contribution in [0.15, 0.2) is 70.4 Å². The van der Waals surface area contributed by atoms with E-state index in [0.29, 0.717) is 12.3 Å². The number of carbonyl (C=O) groups is 2. The molecule has 3 aromatic rings. The van der Waals surface area contributed by atoms with Crippen molar-refractivity contribution >= 4 is 33.3 Å².